The van der Waals surface area contributed by atoms with Crippen LogP contribution in [0.5, 0.6) is 0 Å². The van der Waals surface area contributed by atoms with Crippen LogP contribution in [-0.4, -0.2) is 30.5 Å². The van der Waals surface area contributed by atoms with Crippen LogP contribution in [0.25, 0.3) is 32.9 Å². The van der Waals surface area contributed by atoms with Gasteiger partial charge in [-0.3, -0.25) is 14.6 Å². The smallest absolute Gasteiger partial charge is 0.329 e. The van der Waals surface area contributed by atoms with E-state index in [4.69, 9.17) is 11.6 Å². The molecule has 0 atom stereocenters. The number of fused-ring (bicyclic) bond motifs is 3. The van der Waals surface area contributed by atoms with E-state index in [1.165, 1.54) is 10.8 Å². The normalized spacial score (nSPS) is 12.1. The van der Waals surface area contributed by atoms with Crippen LogP contribution in [0.4, 0.5) is 13.2 Å². The molecular formula is C22H15ClF3N5. The van der Waals surface area contributed by atoms with Gasteiger partial charge in [0.1, 0.15) is 6.54 Å². The molecule has 1 aromatic carbocycles. The Morgan fingerprint density at radius 2 is 1.87 bits per heavy atom. The molecule has 0 N–H and O–H groups in total. The number of pyridine rings is 2. The van der Waals surface area contributed by atoms with Crippen LogP contribution in [0.1, 0.15) is 5.69 Å². The predicted molar refractivity (Wildman–Crippen MR) is 113 cm³/mol. The first-order valence-electron chi connectivity index (χ1n) is 9.44. The minimum atomic E-state index is -4.39. The van der Waals surface area contributed by atoms with E-state index in [1.54, 1.807) is 47.7 Å². The second-order valence-electron chi connectivity index (χ2n) is 7.19. The van der Waals surface area contributed by atoms with E-state index in [9.17, 15) is 13.2 Å². The third kappa shape index (κ3) is 3.74. The first kappa shape index (κ1) is 19.6. The highest BCUT2D eigenvalue weighted by atomic mass is 35.5. The molecule has 5 aromatic rings. The van der Waals surface area contributed by atoms with Crippen LogP contribution in [0.3, 0.4) is 0 Å². The molecule has 4 heterocycles. The Morgan fingerprint density at radius 1 is 1.00 bits per heavy atom. The molecule has 0 aliphatic heterocycles. The Morgan fingerprint density at radius 3 is 2.65 bits per heavy atom. The number of aromatic nitrogens is 5. The van der Waals surface area contributed by atoms with Crippen molar-refractivity contribution in [1.82, 2.24) is 24.3 Å². The summed E-state index contributed by atoms with van der Waals surface area (Å²) in [5.74, 6) is 0. The van der Waals surface area contributed by atoms with Crippen molar-refractivity contribution in [2.75, 3.05) is 0 Å². The molecule has 5 nitrogen and oxygen atoms in total. The minimum absolute atomic E-state index is 0.402. The zero-order valence-electron chi connectivity index (χ0n) is 16.0. The molecule has 0 saturated heterocycles. The molecule has 5 rings (SSSR count). The number of hydrogen-bond donors (Lipinski definition) is 0. The summed E-state index contributed by atoms with van der Waals surface area (Å²) in [6.45, 7) is -0.685. The van der Waals surface area contributed by atoms with Gasteiger partial charge in [0.15, 0.2) is 0 Å². The number of benzene rings is 1. The molecule has 0 saturated carbocycles. The van der Waals surface area contributed by atoms with E-state index < -0.39 is 12.7 Å². The number of halogens is 4. The van der Waals surface area contributed by atoms with Crippen molar-refractivity contribution in [3.63, 3.8) is 0 Å². The predicted octanol–water partition coefficient (Wildman–Crippen LogP) is 5.71. The van der Waals surface area contributed by atoms with Crippen molar-refractivity contribution >= 4 is 33.4 Å². The van der Waals surface area contributed by atoms with Crippen molar-refractivity contribution in [3.8, 4) is 11.1 Å². The standard InChI is InChI=1S/C22H15ClF3N5/c23-15-7-18(14-9-29-30(11-14)12-16-3-1-2-5-28-16)21-19(8-15)17-4-6-27-10-20(17)31(21)13-22(24,25)26/h1-11H,12-13H2. The fraction of sp³-hybridized carbons (Fsp3) is 0.136. The SMILES string of the molecule is FC(F)(F)Cn1c2cnccc2c2cc(Cl)cc(-c3cnn(Cc4ccccn4)c3)c21. The van der Waals surface area contributed by atoms with Gasteiger partial charge in [0.25, 0.3) is 0 Å². The van der Waals surface area contributed by atoms with Gasteiger partial charge < -0.3 is 4.57 Å². The average molecular weight is 442 g/mol. The van der Waals surface area contributed by atoms with Crippen molar-refractivity contribution < 1.29 is 13.2 Å². The molecule has 0 spiro atoms. The summed E-state index contributed by atoms with van der Waals surface area (Å²) in [6.07, 6.45) is 3.72. The zero-order chi connectivity index (χ0) is 21.6. The first-order chi connectivity index (χ1) is 14.9. The summed E-state index contributed by atoms with van der Waals surface area (Å²) in [5, 5.41) is 6.11. The molecule has 0 radical (unpaired) electrons. The molecule has 156 valence electrons. The molecule has 31 heavy (non-hydrogen) atoms. The van der Waals surface area contributed by atoms with E-state index in [2.05, 4.69) is 15.1 Å². The van der Waals surface area contributed by atoms with Crippen LogP contribution in [0, 0.1) is 0 Å². The summed E-state index contributed by atoms with van der Waals surface area (Å²) in [4.78, 5) is 8.32. The van der Waals surface area contributed by atoms with Crippen LogP contribution in [0.2, 0.25) is 5.02 Å². The lowest BCUT2D eigenvalue weighted by atomic mass is 10.0. The fourth-order valence-corrected chi connectivity index (χ4v) is 4.07. The van der Waals surface area contributed by atoms with Gasteiger partial charge in [-0.25, -0.2) is 0 Å². The quantitative estimate of drug-likeness (QED) is 0.359. The monoisotopic (exact) mass is 441 g/mol. The molecular weight excluding hydrogens is 427 g/mol. The molecule has 9 heteroatoms. The first-order valence-corrected chi connectivity index (χ1v) is 9.82. The van der Waals surface area contributed by atoms with Gasteiger partial charge in [-0.1, -0.05) is 17.7 Å². The van der Waals surface area contributed by atoms with Crippen molar-refractivity contribution in [1.29, 1.82) is 0 Å². The number of hydrogen-bond acceptors (Lipinski definition) is 3. The van der Waals surface area contributed by atoms with E-state index in [-0.39, 0.29) is 0 Å². The van der Waals surface area contributed by atoms with E-state index in [0.717, 1.165) is 5.69 Å². The Bertz CT molecular complexity index is 1390. The van der Waals surface area contributed by atoms with Crippen LogP contribution in [0.15, 0.2) is 67.4 Å². The highest BCUT2D eigenvalue weighted by molar-refractivity contribution is 6.32. The van der Waals surface area contributed by atoms with Crippen LogP contribution < -0.4 is 0 Å². The maximum absolute atomic E-state index is 13.4. The third-order valence-corrected chi connectivity index (χ3v) is 5.28. The second kappa shape index (κ2) is 7.39. The molecule has 0 amide bonds. The lowest BCUT2D eigenvalue weighted by Crippen LogP contribution is -2.17. The molecule has 0 unspecified atom stereocenters. The number of nitrogens with zero attached hydrogens (tertiary/aromatic N) is 5. The Labute approximate surface area is 179 Å². The number of alkyl halides is 3. The zero-order valence-corrected chi connectivity index (χ0v) is 16.8. The van der Waals surface area contributed by atoms with Gasteiger partial charge in [0, 0.05) is 45.5 Å². The lowest BCUT2D eigenvalue weighted by molar-refractivity contribution is -0.139. The highest BCUT2D eigenvalue weighted by Gasteiger charge is 2.30. The maximum atomic E-state index is 13.4. The lowest BCUT2D eigenvalue weighted by Gasteiger charge is -2.13. The summed E-state index contributed by atoms with van der Waals surface area (Å²) in [5.41, 5.74) is 2.92. The van der Waals surface area contributed by atoms with Gasteiger partial charge >= 0.3 is 6.18 Å². The van der Waals surface area contributed by atoms with Crippen LogP contribution >= 0.6 is 11.6 Å². The highest BCUT2D eigenvalue weighted by Crippen LogP contribution is 2.39. The van der Waals surface area contributed by atoms with Crippen molar-refractivity contribution in [3.05, 3.63) is 78.1 Å². The van der Waals surface area contributed by atoms with E-state index >= 15 is 0 Å². The van der Waals surface area contributed by atoms with Crippen molar-refractivity contribution in [2.45, 2.75) is 19.3 Å². The van der Waals surface area contributed by atoms with Gasteiger partial charge in [-0.2, -0.15) is 18.3 Å². The molecule has 0 fully saturated rings. The second-order valence-corrected chi connectivity index (χ2v) is 7.63. The molecule has 0 aliphatic carbocycles. The van der Waals surface area contributed by atoms with E-state index in [1.807, 2.05) is 18.2 Å². The minimum Gasteiger partial charge on any atom is -0.329 e. The maximum Gasteiger partial charge on any atom is 0.406 e. The Balaban J connectivity index is 1.70. The molecule has 0 aliphatic rings. The fourth-order valence-electron chi connectivity index (χ4n) is 3.86. The van der Waals surface area contributed by atoms with Crippen LogP contribution in [-0.2, 0) is 13.1 Å². The van der Waals surface area contributed by atoms with Gasteiger partial charge in [0.05, 0.1) is 35.7 Å². The number of rotatable bonds is 4. The summed E-state index contributed by atoms with van der Waals surface area (Å²) < 4.78 is 43.3. The Hall–Kier alpha value is -3.39. The van der Waals surface area contributed by atoms with E-state index in [0.29, 0.717) is 44.5 Å². The summed E-state index contributed by atoms with van der Waals surface area (Å²) in [6, 6.07) is 10.7. The molecule has 0 bridgehead atoms. The van der Waals surface area contributed by atoms with Crippen molar-refractivity contribution in [2.24, 2.45) is 0 Å². The average Bonchev–Trinajstić information content (AvgIpc) is 3.31. The van der Waals surface area contributed by atoms with Gasteiger partial charge in [-0.15, -0.1) is 0 Å². The topological polar surface area (TPSA) is 48.5 Å². The van der Waals surface area contributed by atoms with Gasteiger partial charge in [0.2, 0.25) is 0 Å². The Kier molecular flexibility index (Phi) is 4.66. The largest absolute Gasteiger partial charge is 0.406 e. The molecule has 4 aromatic heterocycles. The van der Waals surface area contributed by atoms with Gasteiger partial charge in [-0.05, 0) is 30.3 Å². The third-order valence-electron chi connectivity index (χ3n) is 5.06. The summed E-state index contributed by atoms with van der Waals surface area (Å²) in [7, 11) is 0. The summed E-state index contributed by atoms with van der Waals surface area (Å²) >= 11 is 6.37.